The molecule has 0 spiro atoms. The number of anilines is 1. The maximum absolute atomic E-state index is 6.55. The van der Waals surface area contributed by atoms with Crippen LogP contribution >= 0.6 is 11.3 Å². The van der Waals surface area contributed by atoms with Crippen LogP contribution in [0.15, 0.2) is 47.8 Å². The van der Waals surface area contributed by atoms with Gasteiger partial charge in [-0.1, -0.05) is 19.1 Å². The van der Waals surface area contributed by atoms with E-state index in [1.54, 1.807) is 25.8 Å². The van der Waals surface area contributed by atoms with Gasteiger partial charge in [-0.2, -0.15) is 9.61 Å². The fourth-order valence-electron chi connectivity index (χ4n) is 3.93. The van der Waals surface area contributed by atoms with Gasteiger partial charge in [-0.15, -0.1) is 21.5 Å². The second kappa shape index (κ2) is 9.22. The SMILES string of the molecule is CCc1nn2c(N)c(-c3nc(-c4ccc(OC)c(OC)c4)cs3)nnc2c1-c1ccc(OC)cc1. The van der Waals surface area contributed by atoms with Crippen molar-refractivity contribution >= 4 is 22.8 Å². The summed E-state index contributed by atoms with van der Waals surface area (Å²) in [5.74, 6) is 2.46. The first-order valence-electron chi connectivity index (χ1n) is 10.9. The molecule has 0 atom stereocenters. The molecule has 5 aromatic rings. The number of thiazole rings is 1. The summed E-state index contributed by atoms with van der Waals surface area (Å²) in [6.07, 6.45) is 0.722. The number of hydrogen-bond acceptors (Lipinski definition) is 9. The molecule has 35 heavy (non-hydrogen) atoms. The summed E-state index contributed by atoms with van der Waals surface area (Å²) < 4.78 is 17.7. The Hall–Kier alpha value is -4.18. The van der Waals surface area contributed by atoms with Crippen molar-refractivity contribution in [3.05, 3.63) is 53.5 Å². The molecule has 10 heteroatoms. The zero-order valence-corrected chi connectivity index (χ0v) is 20.6. The molecule has 0 saturated heterocycles. The number of nitrogens with two attached hydrogens (primary N) is 1. The number of benzene rings is 2. The summed E-state index contributed by atoms with van der Waals surface area (Å²) >= 11 is 1.44. The van der Waals surface area contributed by atoms with Gasteiger partial charge < -0.3 is 19.9 Å². The molecule has 0 unspecified atom stereocenters. The van der Waals surface area contributed by atoms with Gasteiger partial charge in [0.1, 0.15) is 10.8 Å². The minimum atomic E-state index is 0.387. The number of aryl methyl sites for hydroxylation is 1. The standard InChI is InChI=1S/C25H24N6O3S/c1-5-17-21(14-6-9-16(32-2)10-7-14)24-29-28-22(23(26)31(24)30-17)25-27-18(13-35-25)15-8-11-19(33-3)20(12-15)34-4/h6-13H,5,26H2,1-4H3. The molecule has 9 nitrogen and oxygen atoms in total. The molecule has 0 aliphatic carbocycles. The molecule has 0 fully saturated rings. The Morgan fingerprint density at radius 3 is 2.34 bits per heavy atom. The highest BCUT2D eigenvalue weighted by Crippen LogP contribution is 2.36. The first kappa shape index (κ1) is 22.6. The second-order valence-corrected chi connectivity index (χ2v) is 8.54. The van der Waals surface area contributed by atoms with Gasteiger partial charge in [-0.25, -0.2) is 4.98 Å². The Kier molecular flexibility index (Phi) is 5.96. The lowest BCUT2D eigenvalue weighted by Gasteiger charge is -2.08. The molecule has 0 saturated carbocycles. The molecule has 5 rings (SSSR count). The normalized spacial score (nSPS) is 11.1. The van der Waals surface area contributed by atoms with E-state index in [1.807, 2.05) is 47.8 Å². The molecule has 0 radical (unpaired) electrons. The zero-order chi connectivity index (χ0) is 24.5. The lowest BCUT2D eigenvalue weighted by atomic mass is 10.0. The van der Waals surface area contributed by atoms with Crippen LogP contribution in [0, 0.1) is 0 Å². The van der Waals surface area contributed by atoms with E-state index >= 15 is 0 Å². The molecule has 2 N–H and O–H groups in total. The third-order valence-corrected chi connectivity index (χ3v) is 6.60. The van der Waals surface area contributed by atoms with E-state index in [0.717, 1.165) is 40.2 Å². The zero-order valence-electron chi connectivity index (χ0n) is 19.8. The maximum atomic E-state index is 6.55. The Morgan fingerprint density at radius 2 is 1.66 bits per heavy atom. The smallest absolute Gasteiger partial charge is 0.187 e. The van der Waals surface area contributed by atoms with Gasteiger partial charge in [-0.05, 0) is 42.3 Å². The van der Waals surface area contributed by atoms with E-state index < -0.39 is 0 Å². The van der Waals surface area contributed by atoms with E-state index in [2.05, 4.69) is 17.1 Å². The lowest BCUT2D eigenvalue weighted by Crippen LogP contribution is -2.05. The molecule has 0 aliphatic heterocycles. The van der Waals surface area contributed by atoms with Gasteiger partial charge in [0.15, 0.2) is 28.7 Å². The van der Waals surface area contributed by atoms with Crippen molar-refractivity contribution in [2.75, 3.05) is 27.1 Å². The first-order valence-corrected chi connectivity index (χ1v) is 11.8. The van der Waals surface area contributed by atoms with Crippen molar-refractivity contribution < 1.29 is 14.2 Å². The molecule has 2 aromatic carbocycles. The van der Waals surface area contributed by atoms with Gasteiger partial charge in [0, 0.05) is 10.9 Å². The van der Waals surface area contributed by atoms with E-state index in [-0.39, 0.29) is 0 Å². The number of hydrogen-bond donors (Lipinski definition) is 1. The van der Waals surface area contributed by atoms with Crippen molar-refractivity contribution in [3.8, 4) is 50.3 Å². The minimum Gasteiger partial charge on any atom is -0.497 e. The fourth-order valence-corrected chi connectivity index (χ4v) is 4.75. The summed E-state index contributed by atoms with van der Waals surface area (Å²) in [5, 5.41) is 16.3. The summed E-state index contributed by atoms with van der Waals surface area (Å²) in [6.45, 7) is 2.05. The van der Waals surface area contributed by atoms with Gasteiger partial charge in [-0.3, -0.25) is 0 Å². The number of rotatable bonds is 7. The quantitative estimate of drug-likeness (QED) is 0.349. The van der Waals surface area contributed by atoms with Crippen molar-refractivity contribution in [2.24, 2.45) is 0 Å². The average Bonchev–Trinajstić information content (AvgIpc) is 3.54. The number of nitrogen functional groups attached to an aromatic ring is 1. The van der Waals surface area contributed by atoms with Gasteiger partial charge in [0.2, 0.25) is 0 Å². The largest absolute Gasteiger partial charge is 0.497 e. The van der Waals surface area contributed by atoms with Gasteiger partial charge in [0.25, 0.3) is 0 Å². The molecule has 0 aliphatic rings. The fraction of sp³-hybridized carbons (Fsp3) is 0.200. The van der Waals surface area contributed by atoms with Crippen LogP contribution in [0.4, 0.5) is 5.82 Å². The van der Waals surface area contributed by atoms with Crippen molar-refractivity contribution in [3.63, 3.8) is 0 Å². The Balaban J connectivity index is 1.56. The van der Waals surface area contributed by atoms with E-state index in [9.17, 15) is 0 Å². The summed E-state index contributed by atoms with van der Waals surface area (Å²) in [5.41, 5.74) is 12.1. The Morgan fingerprint density at radius 1 is 0.914 bits per heavy atom. The van der Waals surface area contributed by atoms with Gasteiger partial charge >= 0.3 is 0 Å². The van der Waals surface area contributed by atoms with Crippen LogP contribution in [0.1, 0.15) is 12.6 Å². The maximum Gasteiger partial charge on any atom is 0.187 e. The van der Waals surface area contributed by atoms with Crippen molar-refractivity contribution in [2.45, 2.75) is 13.3 Å². The summed E-state index contributed by atoms with van der Waals surface area (Å²) in [4.78, 5) is 4.76. The monoisotopic (exact) mass is 488 g/mol. The topological polar surface area (TPSA) is 110 Å². The summed E-state index contributed by atoms with van der Waals surface area (Å²) in [7, 11) is 4.86. The number of aromatic nitrogens is 5. The number of fused-ring (bicyclic) bond motifs is 1. The van der Waals surface area contributed by atoms with Crippen LogP contribution in [0.25, 0.3) is 38.7 Å². The van der Waals surface area contributed by atoms with Crippen LogP contribution in [-0.4, -0.2) is 46.1 Å². The predicted octanol–water partition coefficient (Wildman–Crippen LogP) is 4.75. The molecule has 0 bridgehead atoms. The second-order valence-electron chi connectivity index (χ2n) is 7.68. The third-order valence-electron chi connectivity index (χ3n) is 5.75. The number of nitrogens with zero attached hydrogens (tertiary/aromatic N) is 5. The highest BCUT2D eigenvalue weighted by atomic mass is 32.1. The minimum absolute atomic E-state index is 0.387. The van der Waals surface area contributed by atoms with Crippen LogP contribution in [-0.2, 0) is 6.42 Å². The van der Waals surface area contributed by atoms with Crippen LogP contribution in [0.3, 0.4) is 0 Å². The average molecular weight is 489 g/mol. The molecular weight excluding hydrogens is 464 g/mol. The first-order chi connectivity index (χ1) is 17.1. The van der Waals surface area contributed by atoms with E-state index in [0.29, 0.717) is 33.7 Å². The highest BCUT2D eigenvalue weighted by Gasteiger charge is 2.21. The molecule has 3 aromatic heterocycles. The van der Waals surface area contributed by atoms with E-state index in [1.165, 1.54) is 11.3 Å². The summed E-state index contributed by atoms with van der Waals surface area (Å²) in [6, 6.07) is 13.5. The number of methoxy groups -OCH3 is 3. The number of ether oxygens (including phenoxy) is 3. The third kappa shape index (κ3) is 3.91. The lowest BCUT2D eigenvalue weighted by molar-refractivity contribution is 0.355. The Labute approximate surface area is 206 Å². The van der Waals surface area contributed by atoms with Gasteiger partial charge in [0.05, 0.1) is 38.3 Å². The van der Waals surface area contributed by atoms with Crippen LogP contribution in [0.2, 0.25) is 0 Å². The Bertz CT molecular complexity index is 1510. The van der Waals surface area contributed by atoms with Crippen LogP contribution < -0.4 is 19.9 Å². The van der Waals surface area contributed by atoms with Crippen molar-refractivity contribution in [1.82, 2.24) is 24.8 Å². The van der Waals surface area contributed by atoms with Crippen molar-refractivity contribution in [1.29, 1.82) is 0 Å². The van der Waals surface area contributed by atoms with E-state index in [4.69, 9.17) is 30.0 Å². The molecule has 3 heterocycles. The molecular formula is C25H24N6O3S. The van der Waals surface area contributed by atoms with Crippen LogP contribution in [0.5, 0.6) is 17.2 Å². The predicted molar refractivity (Wildman–Crippen MR) is 136 cm³/mol. The molecule has 178 valence electrons. The highest BCUT2D eigenvalue weighted by molar-refractivity contribution is 7.13. The molecule has 0 amide bonds.